The molecule has 0 aromatic carbocycles. The number of fused-ring (bicyclic) bond motifs is 2. The van der Waals surface area contributed by atoms with Gasteiger partial charge in [-0.1, -0.05) is 6.58 Å². The van der Waals surface area contributed by atoms with Crippen LogP contribution in [0.2, 0.25) is 0 Å². The molecule has 7 nitrogen and oxygen atoms in total. The molecule has 1 N–H and O–H groups in total. The van der Waals surface area contributed by atoms with Crippen LogP contribution in [0, 0.1) is 5.92 Å². The SMILES string of the molecule is C=CC(=O)OCC(=O)OC1CCC2CC1(O)OC2=O. The summed E-state index contributed by atoms with van der Waals surface area (Å²) in [6, 6.07) is 0. The Bertz CT molecular complexity index is 430. The van der Waals surface area contributed by atoms with Crippen molar-refractivity contribution < 1.29 is 33.7 Å². The van der Waals surface area contributed by atoms with Crippen LogP contribution in [0.3, 0.4) is 0 Å². The van der Waals surface area contributed by atoms with E-state index in [4.69, 9.17) is 9.47 Å². The number of hydrogen-bond donors (Lipinski definition) is 1. The summed E-state index contributed by atoms with van der Waals surface area (Å²) in [5, 5.41) is 10.1. The number of aliphatic hydroxyl groups is 1. The van der Waals surface area contributed by atoms with Gasteiger partial charge in [0.1, 0.15) is 0 Å². The van der Waals surface area contributed by atoms with Crippen molar-refractivity contribution in [3.63, 3.8) is 0 Å². The second kappa shape index (κ2) is 5.00. The third-order valence-corrected chi connectivity index (χ3v) is 3.20. The minimum absolute atomic E-state index is 0.121. The molecule has 3 atom stereocenters. The van der Waals surface area contributed by atoms with Gasteiger partial charge in [0, 0.05) is 12.5 Å². The first-order chi connectivity index (χ1) is 8.94. The van der Waals surface area contributed by atoms with Crippen LogP contribution in [0.1, 0.15) is 19.3 Å². The van der Waals surface area contributed by atoms with Crippen molar-refractivity contribution in [1.29, 1.82) is 0 Å². The van der Waals surface area contributed by atoms with E-state index in [2.05, 4.69) is 11.3 Å². The normalized spacial score (nSPS) is 32.4. The van der Waals surface area contributed by atoms with Crippen molar-refractivity contribution in [2.24, 2.45) is 5.92 Å². The van der Waals surface area contributed by atoms with Gasteiger partial charge in [-0.15, -0.1) is 0 Å². The van der Waals surface area contributed by atoms with Gasteiger partial charge in [0.25, 0.3) is 0 Å². The van der Waals surface area contributed by atoms with Crippen LogP contribution < -0.4 is 0 Å². The average molecular weight is 270 g/mol. The summed E-state index contributed by atoms with van der Waals surface area (Å²) in [6.07, 6.45) is 0.936. The lowest BCUT2D eigenvalue weighted by Gasteiger charge is -2.32. The minimum atomic E-state index is -1.75. The van der Waals surface area contributed by atoms with E-state index in [1.54, 1.807) is 0 Å². The van der Waals surface area contributed by atoms with Gasteiger partial charge in [0.15, 0.2) is 12.7 Å². The van der Waals surface area contributed by atoms with E-state index in [0.29, 0.717) is 12.8 Å². The second-order valence-corrected chi connectivity index (χ2v) is 4.53. The lowest BCUT2D eigenvalue weighted by Crippen LogP contribution is -2.47. The molecule has 1 aliphatic heterocycles. The van der Waals surface area contributed by atoms with Crippen LogP contribution in [-0.4, -0.2) is 41.5 Å². The van der Waals surface area contributed by atoms with Crippen LogP contribution in [0.15, 0.2) is 12.7 Å². The minimum Gasteiger partial charge on any atom is -0.453 e. The molecular weight excluding hydrogens is 256 g/mol. The lowest BCUT2D eigenvalue weighted by molar-refractivity contribution is -0.241. The van der Waals surface area contributed by atoms with E-state index < -0.39 is 36.4 Å². The van der Waals surface area contributed by atoms with Crippen molar-refractivity contribution in [2.45, 2.75) is 31.2 Å². The number of hydrogen-bond acceptors (Lipinski definition) is 7. The highest BCUT2D eigenvalue weighted by Gasteiger charge is 2.56. The average Bonchev–Trinajstić information content (AvgIpc) is 2.61. The zero-order chi connectivity index (χ0) is 14.0. The quantitative estimate of drug-likeness (QED) is 0.424. The smallest absolute Gasteiger partial charge is 0.344 e. The Morgan fingerprint density at radius 3 is 2.95 bits per heavy atom. The standard InChI is InChI=1S/C12H14O7/c1-2-9(13)17-6-10(14)18-8-4-3-7-5-12(8,16)19-11(7)15/h2,7-8,16H,1,3-6H2. The summed E-state index contributed by atoms with van der Waals surface area (Å²) in [4.78, 5) is 33.6. The maximum atomic E-state index is 11.4. The molecule has 0 amide bonds. The summed E-state index contributed by atoms with van der Waals surface area (Å²) >= 11 is 0. The molecule has 2 fully saturated rings. The van der Waals surface area contributed by atoms with E-state index >= 15 is 0 Å². The Morgan fingerprint density at radius 2 is 2.26 bits per heavy atom. The molecule has 1 heterocycles. The second-order valence-electron chi connectivity index (χ2n) is 4.53. The van der Waals surface area contributed by atoms with Gasteiger partial charge in [-0.3, -0.25) is 4.79 Å². The fourth-order valence-electron chi connectivity index (χ4n) is 2.26. The van der Waals surface area contributed by atoms with E-state index in [9.17, 15) is 19.5 Å². The summed E-state index contributed by atoms with van der Waals surface area (Å²) < 4.78 is 14.3. The van der Waals surface area contributed by atoms with Crippen molar-refractivity contribution in [2.75, 3.05) is 6.61 Å². The molecular formula is C12H14O7. The fraction of sp³-hybridized carbons (Fsp3) is 0.583. The molecule has 0 spiro atoms. The van der Waals surface area contributed by atoms with Gasteiger partial charge < -0.3 is 19.3 Å². The number of esters is 3. The molecule has 2 aliphatic rings. The lowest BCUT2D eigenvalue weighted by atomic mass is 9.86. The largest absolute Gasteiger partial charge is 0.453 e. The predicted molar refractivity (Wildman–Crippen MR) is 59.4 cm³/mol. The highest BCUT2D eigenvalue weighted by Crippen LogP contribution is 2.42. The summed E-state index contributed by atoms with van der Waals surface area (Å²) in [5.41, 5.74) is 0. The predicted octanol–water partition coefficient (Wildman–Crippen LogP) is -0.327. The van der Waals surface area contributed by atoms with Gasteiger partial charge in [-0.2, -0.15) is 0 Å². The van der Waals surface area contributed by atoms with Gasteiger partial charge in [0.05, 0.1) is 5.92 Å². The molecule has 104 valence electrons. The number of ether oxygens (including phenoxy) is 3. The number of carbonyl (C=O) groups is 3. The maximum Gasteiger partial charge on any atom is 0.344 e. The van der Waals surface area contributed by atoms with Gasteiger partial charge in [-0.05, 0) is 12.8 Å². The first-order valence-electron chi connectivity index (χ1n) is 5.88. The maximum absolute atomic E-state index is 11.4. The van der Waals surface area contributed by atoms with Crippen LogP contribution in [0.25, 0.3) is 0 Å². The van der Waals surface area contributed by atoms with Crippen molar-refractivity contribution in [1.82, 2.24) is 0 Å². The highest BCUT2D eigenvalue weighted by atomic mass is 16.7. The Morgan fingerprint density at radius 1 is 1.53 bits per heavy atom. The van der Waals surface area contributed by atoms with E-state index in [0.717, 1.165) is 6.08 Å². The van der Waals surface area contributed by atoms with Gasteiger partial charge in [-0.25, -0.2) is 9.59 Å². The van der Waals surface area contributed by atoms with Crippen LogP contribution >= 0.6 is 0 Å². The molecule has 1 saturated heterocycles. The van der Waals surface area contributed by atoms with Crippen molar-refractivity contribution in [3.05, 3.63) is 12.7 Å². The Labute approximate surface area is 109 Å². The third-order valence-electron chi connectivity index (χ3n) is 3.20. The van der Waals surface area contributed by atoms with Crippen LogP contribution in [0.4, 0.5) is 0 Å². The van der Waals surface area contributed by atoms with E-state index in [1.807, 2.05) is 0 Å². The molecule has 0 radical (unpaired) electrons. The van der Waals surface area contributed by atoms with E-state index in [1.165, 1.54) is 0 Å². The van der Waals surface area contributed by atoms with E-state index in [-0.39, 0.29) is 12.3 Å². The zero-order valence-corrected chi connectivity index (χ0v) is 10.2. The monoisotopic (exact) mass is 270 g/mol. The summed E-state index contributed by atoms with van der Waals surface area (Å²) in [7, 11) is 0. The van der Waals surface area contributed by atoms with Crippen molar-refractivity contribution >= 4 is 17.9 Å². The third kappa shape index (κ3) is 2.76. The summed E-state index contributed by atoms with van der Waals surface area (Å²) in [5.74, 6) is -4.11. The highest BCUT2D eigenvalue weighted by molar-refractivity contribution is 5.83. The fourth-order valence-corrected chi connectivity index (χ4v) is 2.26. The Hall–Kier alpha value is -1.89. The van der Waals surface area contributed by atoms with Crippen molar-refractivity contribution in [3.8, 4) is 0 Å². The zero-order valence-electron chi connectivity index (χ0n) is 10.2. The number of rotatable bonds is 4. The molecule has 1 saturated carbocycles. The molecule has 1 aliphatic carbocycles. The molecule has 19 heavy (non-hydrogen) atoms. The van der Waals surface area contributed by atoms with Crippen LogP contribution in [-0.2, 0) is 28.6 Å². The Balaban J connectivity index is 1.89. The molecule has 7 heteroatoms. The molecule has 2 rings (SSSR count). The first kappa shape index (κ1) is 13.5. The summed E-state index contributed by atoms with van der Waals surface area (Å²) in [6.45, 7) is 2.61. The topological polar surface area (TPSA) is 99.1 Å². The van der Waals surface area contributed by atoms with Gasteiger partial charge in [0.2, 0.25) is 5.79 Å². The first-order valence-corrected chi connectivity index (χ1v) is 5.88. The molecule has 0 aromatic heterocycles. The molecule has 2 bridgehead atoms. The molecule has 3 unspecified atom stereocenters. The van der Waals surface area contributed by atoms with Crippen LogP contribution in [0.5, 0.6) is 0 Å². The Kier molecular flexibility index (Phi) is 3.57. The molecule has 0 aromatic rings. The number of carbonyl (C=O) groups excluding carboxylic acids is 3. The van der Waals surface area contributed by atoms with Gasteiger partial charge >= 0.3 is 17.9 Å².